The van der Waals surface area contributed by atoms with Gasteiger partial charge in [-0.05, 0) is 38.5 Å². The first kappa shape index (κ1) is 15.8. The highest BCUT2D eigenvalue weighted by molar-refractivity contribution is 5.84. The molecule has 0 radical (unpaired) electrons. The number of ether oxygens (including phenoxy) is 1. The molecule has 1 aliphatic rings. The first-order chi connectivity index (χ1) is 12.0. The Morgan fingerprint density at radius 2 is 2.24 bits per heavy atom. The molecule has 0 spiro atoms. The van der Waals surface area contributed by atoms with Crippen molar-refractivity contribution in [3.8, 4) is 0 Å². The van der Waals surface area contributed by atoms with Crippen LogP contribution in [0.3, 0.4) is 0 Å². The van der Waals surface area contributed by atoms with E-state index in [1.54, 1.807) is 0 Å². The molecular formula is C17H20N6O2. The number of aryl methyl sites for hydroxylation is 2. The van der Waals surface area contributed by atoms with Crippen LogP contribution in [0.25, 0.3) is 11.0 Å². The predicted molar refractivity (Wildman–Crippen MR) is 90.7 cm³/mol. The summed E-state index contributed by atoms with van der Waals surface area (Å²) in [5.41, 5.74) is 2.14. The van der Waals surface area contributed by atoms with Gasteiger partial charge in [0.15, 0.2) is 5.82 Å². The molecule has 8 nitrogen and oxygen atoms in total. The average molecular weight is 340 g/mol. The highest BCUT2D eigenvalue weighted by Crippen LogP contribution is 2.26. The number of carbonyl (C=O) groups is 1. The lowest BCUT2D eigenvalue weighted by Gasteiger charge is -2.34. The van der Waals surface area contributed by atoms with Crippen molar-refractivity contribution in [2.24, 2.45) is 0 Å². The van der Waals surface area contributed by atoms with E-state index < -0.39 is 5.54 Å². The number of H-pyrrole nitrogens is 1. The lowest BCUT2D eigenvalue weighted by molar-refractivity contribution is -0.135. The molecule has 2 N–H and O–H groups in total. The van der Waals surface area contributed by atoms with E-state index in [2.05, 4.69) is 25.5 Å². The molecule has 0 saturated carbocycles. The largest absolute Gasteiger partial charge is 0.370 e. The number of aromatic amines is 1. The molecule has 8 heteroatoms. The van der Waals surface area contributed by atoms with Crippen LogP contribution in [0, 0.1) is 13.8 Å². The molecule has 4 rings (SSSR count). The van der Waals surface area contributed by atoms with Gasteiger partial charge in [0.1, 0.15) is 23.8 Å². The Hall–Kier alpha value is -2.74. The summed E-state index contributed by atoms with van der Waals surface area (Å²) in [5, 5.41) is 11.1. The number of carbonyl (C=O) groups excluding carboxylic acids is 1. The van der Waals surface area contributed by atoms with Gasteiger partial charge in [-0.2, -0.15) is 0 Å². The van der Waals surface area contributed by atoms with Crippen molar-refractivity contribution in [1.82, 2.24) is 30.0 Å². The third-order valence-electron chi connectivity index (χ3n) is 4.59. The Morgan fingerprint density at radius 3 is 3.08 bits per heavy atom. The molecule has 25 heavy (non-hydrogen) atoms. The van der Waals surface area contributed by atoms with E-state index in [1.165, 1.54) is 0 Å². The lowest BCUT2D eigenvalue weighted by Crippen LogP contribution is -2.52. The monoisotopic (exact) mass is 340 g/mol. The summed E-state index contributed by atoms with van der Waals surface area (Å²) in [6.45, 7) is 6.68. The highest BCUT2D eigenvalue weighted by Gasteiger charge is 2.41. The van der Waals surface area contributed by atoms with Crippen LogP contribution < -0.4 is 5.32 Å². The van der Waals surface area contributed by atoms with Gasteiger partial charge < -0.3 is 15.0 Å². The number of hydrogen-bond acceptors (Lipinski definition) is 5. The van der Waals surface area contributed by atoms with E-state index in [4.69, 9.17) is 4.74 Å². The van der Waals surface area contributed by atoms with Crippen LogP contribution in [-0.4, -0.2) is 37.2 Å². The average Bonchev–Trinajstić information content (AvgIpc) is 3.16. The number of fused-ring (bicyclic) bond motifs is 2. The normalized spacial score (nSPS) is 19.8. The minimum atomic E-state index is -0.871. The Kier molecular flexibility index (Phi) is 3.57. The number of imidazole rings is 1. The Labute approximate surface area is 144 Å². The van der Waals surface area contributed by atoms with Crippen molar-refractivity contribution in [1.29, 1.82) is 0 Å². The zero-order chi connectivity index (χ0) is 17.6. The summed E-state index contributed by atoms with van der Waals surface area (Å²) in [6, 6.07) is 6.02. The van der Waals surface area contributed by atoms with Gasteiger partial charge in [-0.1, -0.05) is 6.07 Å². The molecule has 0 aliphatic carbocycles. The number of hydrogen-bond donors (Lipinski definition) is 2. The van der Waals surface area contributed by atoms with Gasteiger partial charge in [-0.25, -0.2) is 4.98 Å². The lowest BCUT2D eigenvalue weighted by atomic mass is 10.0. The third kappa shape index (κ3) is 2.58. The summed E-state index contributed by atoms with van der Waals surface area (Å²) >= 11 is 0. The maximum absolute atomic E-state index is 12.9. The molecule has 1 unspecified atom stereocenters. The molecule has 3 heterocycles. The maximum atomic E-state index is 12.9. The van der Waals surface area contributed by atoms with Crippen LogP contribution in [0.1, 0.15) is 30.0 Å². The van der Waals surface area contributed by atoms with Crippen molar-refractivity contribution >= 4 is 16.9 Å². The first-order valence-corrected chi connectivity index (χ1v) is 8.20. The second-order valence-electron chi connectivity index (χ2n) is 6.65. The van der Waals surface area contributed by atoms with E-state index in [0.717, 1.165) is 22.4 Å². The van der Waals surface area contributed by atoms with Gasteiger partial charge in [-0.15, -0.1) is 10.2 Å². The van der Waals surface area contributed by atoms with E-state index >= 15 is 0 Å². The molecule has 1 atom stereocenters. The fourth-order valence-corrected chi connectivity index (χ4v) is 3.33. The summed E-state index contributed by atoms with van der Waals surface area (Å²) in [7, 11) is 0. The molecule has 2 aromatic heterocycles. The SMILES string of the molecule is Cc1ccc2nc(CNC(=O)C3(C)COCc4nnc(C)n43)[nH]c2c1. The van der Waals surface area contributed by atoms with Crippen molar-refractivity contribution in [3.63, 3.8) is 0 Å². The van der Waals surface area contributed by atoms with Crippen molar-refractivity contribution in [2.75, 3.05) is 6.61 Å². The second kappa shape index (κ2) is 5.66. The Bertz CT molecular complexity index is 959. The summed E-state index contributed by atoms with van der Waals surface area (Å²) in [6.07, 6.45) is 0. The summed E-state index contributed by atoms with van der Waals surface area (Å²) < 4.78 is 7.41. The van der Waals surface area contributed by atoms with Crippen LogP contribution in [0.2, 0.25) is 0 Å². The van der Waals surface area contributed by atoms with Gasteiger partial charge in [0.2, 0.25) is 5.91 Å². The smallest absolute Gasteiger partial charge is 0.248 e. The number of benzene rings is 1. The highest BCUT2D eigenvalue weighted by atomic mass is 16.5. The Morgan fingerprint density at radius 1 is 1.40 bits per heavy atom. The second-order valence-corrected chi connectivity index (χ2v) is 6.65. The van der Waals surface area contributed by atoms with E-state index in [0.29, 0.717) is 24.8 Å². The number of aromatic nitrogens is 5. The zero-order valence-corrected chi connectivity index (χ0v) is 14.5. The minimum Gasteiger partial charge on any atom is -0.370 e. The number of nitrogens with one attached hydrogen (secondary N) is 2. The minimum absolute atomic E-state index is 0.145. The van der Waals surface area contributed by atoms with E-state index in [1.807, 2.05) is 43.5 Å². The predicted octanol–water partition coefficient (Wildman–Crippen LogP) is 1.33. The fraction of sp³-hybridized carbons (Fsp3) is 0.412. The van der Waals surface area contributed by atoms with E-state index in [9.17, 15) is 4.79 Å². The van der Waals surface area contributed by atoms with Crippen LogP contribution in [0.5, 0.6) is 0 Å². The maximum Gasteiger partial charge on any atom is 0.248 e. The summed E-state index contributed by atoms with van der Waals surface area (Å²) in [4.78, 5) is 20.6. The fourth-order valence-electron chi connectivity index (χ4n) is 3.33. The number of rotatable bonds is 3. The Balaban J connectivity index is 1.54. The molecule has 0 bridgehead atoms. The van der Waals surface area contributed by atoms with Crippen LogP contribution >= 0.6 is 0 Å². The standard InChI is InChI=1S/C17H20N6O2/c1-10-4-5-12-13(6-10)20-14(19-12)7-18-16(24)17(3)9-25-8-15-22-21-11(2)23(15)17/h4-6H,7-9H2,1-3H3,(H,18,24)(H,19,20). The third-order valence-corrected chi connectivity index (χ3v) is 4.59. The van der Waals surface area contributed by atoms with Crippen LogP contribution in [-0.2, 0) is 28.2 Å². The van der Waals surface area contributed by atoms with Crippen molar-refractivity contribution < 1.29 is 9.53 Å². The number of nitrogens with zero attached hydrogens (tertiary/aromatic N) is 4. The molecule has 1 aromatic carbocycles. The zero-order valence-electron chi connectivity index (χ0n) is 14.5. The van der Waals surface area contributed by atoms with Crippen LogP contribution in [0.4, 0.5) is 0 Å². The quantitative estimate of drug-likeness (QED) is 0.750. The van der Waals surface area contributed by atoms with Gasteiger partial charge in [0.05, 0.1) is 24.2 Å². The van der Waals surface area contributed by atoms with Gasteiger partial charge in [-0.3, -0.25) is 9.36 Å². The van der Waals surface area contributed by atoms with Gasteiger partial charge in [0.25, 0.3) is 0 Å². The molecule has 1 aliphatic heterocycles. The molecule has 0 saturated heterocycles. The number of amides is 1. The first-order valence-electron chi connectivity index (χ1n) is 8.20. The van der Waals surface area contributed by atoms with Gasteiger partial charge in [0, 0.05) is 0 Å². The van der Waals surface area contributed by atoms with E-state index in [-0.39, 0.29) is 12.5 Å². The summed E-state index contributed by atoms with van der Waals surface area (Å²) in [5.74, 6) is 1.94. The van der Waals surface area contributed by atoms with Crippen LogP contribution in [0.15, 0.2) is 18.2 Å². The molecule has 3 aromatic rings. The molecule has 0 fully saturated rings. The topological polar surface area (TPSA) is 97.7 Å². The van der Waals surface area contributed by atoms with Crippen molar-refractivity contribution in [3.05, 3.63) is 41.2 Å². The van der Waals surface area contributed by atoms with Gasteiger partial charge >= 0.3 is 0 Å². The molecular weight excluding hydrogens is 320 g/mol. The molecule has 130 valence electrons. The van der Waals surface area contributed by atoms with Crippen molar-refractivity contribution in [2.45, 2.75) is 39.5 Å². The molecule has 1 amide bonds.